The highest BCUT2D eigenvalue weighted by atomic mass is 16.5. The highest BCUT2D eigenvalue weighted by molar-refractivity contribution is 5.96. The zero-order chi connectivity index (χ0) is 19.1. The number of carbonyl (C=O) groups excluding carboxylic acids is 1. The van der Waals surface area contributed by atoms with Crippen molar-refractivity contribution in [3.8, 4) is 0 Å². The molecule has 144 valence electrons. The van der Waals surface area contributed by atoms with Crippen LogP contribution in [0.4, 0.5) is 5.69 Å². The number of hydrogen-bond acceptors (Lipinski definition) is 4. The molecule has 0 aromatic heterocycles. The summed E-state index contributed by atoms with van der Waals surface area (Å²) in [5, 5.41) is 0. The summed E-state index contributed by atoms with van der Waals surface area (Å²) in [6.07, 6.45) is 2.41. The van der Waals surface area contributed by atoms with Gasteiger partial charge in [0.05, 0.1) is 13.2 Å². The second-order valence-corrected chi connectivity index (χ2v) is 7.42. The minimum Gasteiger partial charge on any atom is -0.378 e. The van der Waals surface area contributed by atoms with E-state index < -0.39 is 0 Å². The van der Waals surface area contributed by atoms with Crippen LogP contribution in [-0.2, 0) is 11.2 Å². The molecule has 1 heterocycles. The Balaban J connectivity index is 1.55. The van der Waals surface area contributed by atoms with Gasteiger partial charge in [0.15, 0.2) is 5.78 Å². The summed E-state index contributed by atoms with van der Waals surface area (Å²) in [6.45, 7) is 3.37. The molecule has 1 aliphatic heterocycles. The third kappa shape index (κ3) is 5.65. The highest BCUT2D eigenvalue weighted by Crippen LogP contribution is 2.19. The number of hydrogen-bond donors (Lipinski definition) is 0. The Kier molecular flexibility index (Phi) is 7.02. The van der Waals surface area contributed by atoms with Crippen LogP contribution in [0.25, 0.3) is 0 Å². The largest absolute Gasteiger partial charge is 0.378 e. The summed E-state index contributed by atoms with van der Waals surface area (Å²) in [7, 11) is 4.18. The SMILES string of the molecule is CN(C)C(CCC(=O)c1ccc(N2CCOCC2)cc1)Cc1ccccc1. The Morgan fingerprint density at radius 3 is 2.33 bits per heavy atom. The van der Waals surface area contributed by atoms with E-state index >= 15 is 0 Å². The average Bonchev–Trinajstić information content (AvgIpc) is 2.72. The number of Topliss-reactive ketones (excluding diaryl/α,β-unsaturated/α-hetero) is 1. The number of ether oxygens (including phenoxy) is 1. The standard InChI is InChI=1S/C23H30N2O2/c1-24(2)22(18-19-6-4-3-5-7-19)12-13-23(26)20-8-10-21(11-9-20)25-14-16-27-17-15-25/h3-11,22H,12-18H2,1-2H3. The molecule has 1 saturated heterocycles. The van der Waals surface area contributed by atoms with Gasteiger partial charge in [0, 0.05) is 36.8 Å². The molecule has 2 aromatic carbocycles. The van der Waals surface area contributed by atoms with Crippen LogP contribution >= 0.6 is 0 Å². The van der Waals surface area contributed by atoms with E-state index in [9.17, 15) is 4.79 Å². The Bertz CT molecular complexity index is 707. The molecule has 4 heteroatoms. The molecular weight excluding hydrogens is 336 g/mol. The Morgan fingerprint density at radius 2 is 1.70 bits per heavy atom. The Morgan fingerprint density at radius 1 is 1.04 bits per heavy atom. The molecule has 0 saturated carbocycles. The van der Waals surface area contributed by atoms with E-state index in [4.69, 9.17) is 4.74 Å². The smallest absolute Gasteiger partial charge is 0.162 e. The number of anilines is 1. The normalized spacial score (nSPS) is 15.7. The van der Waals surface area contributed by atoms with Gasteiger partial charge in [0.2, 0.25) is 0 Å². The van der Waals surface area contributed by atoms with Gasteiger partial charge in [-0.2, -0.15) is 0 Å². The molecule has 3 rings (SSSR count). The summed E-state index contributed by atoms with van der Waals surface area (Å²) in [5.74, 6) is 0.225. The zero-order valence-corrected chi connectivity index (χ0v) is 16.4. The summed E-state index contributed by atoms with van der Waals surface area (Å²) in [4.78, 5) is 17.2. The lowest BCUT2D eigenvalue weighted by Crippen LogP contribution is -2.36. The Hall–Kier alpha value is -2.17. The number of carbonyl (C=O) groups is 1. The van der Waals surface area contributed by atoms with E-state index in [0.29, 0.717) is 12.5 Å². The fourth-order valence-electron chi connectivity index (χ4n) is 3.55. The Labute approximate surface area is 162 Å². The minimum absolute atomic E-state index is 0.225. The molecular formula is C23H30N2O2. The van der Waals surface area contributed by atoms with Crippen LogP contribution in [0, 0.1) is 0 Å². The molecule has 1 atom stereocenters. The van der Waals surface area contributed by atoms with Gasteiger partial charge in [-0.05, 0) is 56.8 Å². The van der Waals surface area contributed by atoms with Crippen molar-refractivity contribution in [3.63, 3.8) is 0 Å². The molecule has 1 unspecified atom stereocenters. The molecule has 27 heavy (non-hydrogen) atoms. The number of nitrogens with zero attached hydrogens (tertiary/aromatic N) is 2. The van der Waals surface area contributed by atoms with Crippen molar-refractivity contribution < 1.29 is 9.53 Å². The van der Waals surface area contributed by atoms with Gasteiger partial charge in [0.1, 0.15) is 0 Å². The minimum atomic E-state index is 0.225. The fraction of sp³-hybridized carbons (Fsp3) is 0.435. The molecule has 1 fully saturated rings. The van der Waals surface area contributed by atoms with Gasteiger partial charge < -0.3 is 14.5 Å². The molecule has 4 nitrogen and oxygen atoms in total. The average molecular weight is 367 g/mol. The van der Waals surface area contributed by atoms with Crippen LogP contribution in [0.1, 0.15) is 28.8 Å². The van der Waals surface area contributed by atoms with Crippen LogP contribution in [-0.4, -0.2) is 57.1 Å². The highest BCUT2D eigenvalue weighted by Gasteiger charge is 2.16. The number of benzene rings is 2. The number of rotatable bonds is 8. The molecule has 0 bridgehead atoms. The topological polar surface area (TPSA) is 32.8 Å². The first-order chi connectivity index (χ1) is 13.1. The molecule has 1 aliphatic rings. The van der Waals surface area contributed by atoms with Gasteiger partial charge in [-0.1, -0.05) is 30.3 Å². The lowest BCUT2D eigenvalue weighted by molar-refractivity contribution is 0.0968. The maximum Gasteiger partial charge on any atom is 0.162 e. The van der Waals surface area contributed by atoms with Crippen LogP contribution in [0.15, 0.2) is 54.6 Å². The van der Waals surface area contributed by atoms with Crippen molar-refractivity contribution >= 4 is 11.5 Å². The molecule has 0 aliphatic carbocycles. The van der Waals surface area contributed by atoms with E-state index in [-0.39, 0.29) is 5.78 Å². The first-order valence-corrected chi connectivity index (χ1v) is 9.80. The summed E-state index contributed by atoms with van der Waals surface area (Å²) >= 11 is 0. The van der Waals surface area contributed by atoms with Gasteiger partial charge in [-0.3, -0.25) is 4.79 Å². The van der Waals surface area contributed by atoms with Crippen LogP contribution < -0.4 is 4.90 Å². The summed E-state index contributed by atoms with van der Waals surface area (Å²) in [5.41, 5.74) is 3.30. The van der Waals surface area contributed by atoms with E-state index in [1.165, 1.54) is 11.3 Å². The van der Waals surface area contributed by atoms with E-state index in [2.05, 4.69) is 60.3 Å². The fourth-order valence-corrected chi connectivity index (χ4v) is 3.55. The third-order valence-corrected chi connectivity index (χ3v) is 5.31. The van der Waals surface area contributed by atoms with Crippen molar-refractivity contribution in [2.75, 3.05) is 45.3 Å². The van der Waals surface area contributed by atoms with Crippen LogP contribution in [0.5, 0.6) is 0 Å². The van der Waals surface area contributed by atoms with Crippen LogP contribution in [0.3, 0.4) is 0 Å². The van der Waals surface area contributed by atoms with Crippen LogP contribution in [0.2, 0.25) is 0 Å². The lowest BCUT2D eigenvalue weighted by Gasteiger charge is -2.28. The van der Waals surface area contributed by atoms with E-state index in [1.54, 1.807) is 0 Å². The van der Waals surface area contributed by atoms with E-state index in [1.807, 2.05) is 18.2 Å². The quantitative estimate of drug-likeness (QED) is 0.668. The monoisotopic (exact) mass is 366 g/mol. The molecule has 0 radical (unpaired) electrons. The predicted octanol–water partition coefficient (Wildman–Crippen LogP) is 3.66. The summed E-state index contributed by atoms with van der Waals surface area (Å²) in [6, 6.07) is 18.9. The van der Waals surface area contributed by atoms with Gasteiger partial charge >= 0.3 is 0 Å². The maximum absolute atomic E-state index is 12.7. The van der Waals surface area contributed by atoms with Crippen molar-refractivity contribution in [2.24, 2.45) is 0 Å². The second-order valence-electron chi connectivity index (χ2n) is 7.42. The van der Waals surface area contributed by atoms with Gasteiger partial charge in [-0.25, -0.2) is 0 Å². The van der Waals surface area contributed by atoms with Gasteiger partial charge in [0.25, 0.3) is 0 Å². The number of morpholine rings is 1. The first-order valence-electron chi connectivity index (χ1n) is 9.80. The lowest BCUT2D eigenvalue weighted by atomic mass is 9.97. The summed E-state index contributed by atoms with van der Waals surface area (Å²) < 4.78 is 5.40. The predicted molar refractivity (Wildman–Crippen MR) is 111 cm³/mol. The van der Waals surface area contributed by atoms with Crippen molar-refractivity contribution in [1.82, 2.24) is 4.90 Å². The second kappa shape index (κ2) is 9.67. The maximum atomic E-state index is 12.7. The zero-order valence-electron chi connectivity index (χ0n) is 16.4. The number of likely N-dealkylation sites (N-methyl/N-ethyl adjacent to an activating group) is 1. The molecule has 2 aromatic rings. The van der Waals surface area contributed by atoms with Gasteiger partial charge in [-0.15, -0.1) is 0 Å². The third-order valence-electron chi connectivity index (χ3n) is 5.31. The van der Waals surface area contributed by atoms with E-state index in [0.717, 1.165) is 44.7 Å². The number of ketones is 1. The molecule has 0 spiro atoms. The van der Waals surface area contributed by atoms with Crippen molar-refractivity contribution in [2.45, 2.75) is 25.3 Å². The molecule has 0 amide bonds. The first kappa shape index (κ1) is 19.6. The van der Waals surface area contributed by atoms with Crippen molar-refractivity contribution in [1.29, 1.82) is 0 Å². The molecule has 0 N–H and O–H groups in total. The van der Waals surface area contributed by atoms with Crippen molar-refractivity contribution in [3.05, 3.63) is 65.7 Å².